The van der Waals surface area contributed by atoms with Crippen LogP contribution in [-0.2, 0) is 6.54 Å². The number of rotatable bonds is 3. The molecular formula is C20H21Cl2N3O2. The molecule has 1 fully saturated rings. The Morgan fingerprint density at radius 1 is 0.963 bits per heavy atom. The summed E-state index contributed by atoms with van der Waals surface area (Å²) in [4.78, 5) is 28.4. The Hall–Kier alpha value is -2.24. The van der Waals surface area contributed by atoms with E-state index in [9.17, 15) is 9.59 Å². The Morgan fingerprint density at radius 2 is 1.59 bits per heavy atom. The summed E-state index contributed by atoms with van der Waals surface area (Å²) in [6.07, 6.45) is 0. The highest BCUT2D eigenvalue weighted by molar-refractivity contribution is 6.43. The molecule has 0 spiro atoms. The number of nitrogens with one attached hydrogen (secondary N) is 1. The van der Waals surface area contributed by atoms with Crippen LogP contribution in [0.2, 0.25) is 10.0 Å². The molecule has 0 bridgehead atoms. The summed E-state index contributed by atoms with van der Waals surface area (Å²) in [7, 11) is 0. The Kier molecular flexibility index (Phi) is 6.24. The normalized spacial score (nSPS) is 14.2. The van der Waals surface area contributed by atoms with Crippen molar-refractivity contribution in [3.8, 4) is 0 Å². The molecule has 0 atom stereocenters. The molecule has 3 rings (SSSR count). The third-order valence-electron chi connectivity index (χ3n) is 4.60. The van der Waals surface area contributed by atoms with Gasteiger partial charge in [-0.2, -0.15) is 0 Å². The fourth-order valence-corrected chi connectivity index (χ4v) is 3.33. The highest BCUT2D eigenvalue weighted by atomic mass is 35.5. The standard InChI is InChI=1S/C20H21Cl2N3O2/c1-14-5-7-15(8-6-14)13-23-20(27)25-11-9-24(10-12-25)19(26)16-3-2-4-17(21)18(16)22/h2-8H,9-13H2,1H3,(H,23,27). The molecule has 2 aromatic carbocycles. The second-order valence-electron chi connectivity index (χ2n) is 6.52. The maximum absolute atomic E-state index is 12.7. The first-order chi connectivity index (χ1) is 13.0. The van der Waals surface area contributed by atoms with Gasteiger partial charge in [0.25, 0.3) is 5.91 Å². The van der Waals surface area contributed by atoms with Crippen LogP contribution in [0.15, 0.2) is 42.5 Å². The molecule has 0 aliphatic carbocycles. The first-order valence-corrected chi connectivity index (χ1v) is 9.53. The summed E-state index contributed by atoms with van der Waals surface area (Å²) in [5, 5.41) is 3.55. The largest absolute Gasteiger partial charge is 0.335 e. The van der Waals surface area contributed by atoms with Crippen molar-refractivity contribution in [1.82, 2.24) is 15.1 Å². The lowest BCUT2D eigenvalue weighted by Gasteiger charge is -2.35. The van der Waals surface area contributed by atoms with E-state index in [0.717, 1.165) is 5.56 Å². The van der Waals surface area contributed by atoms with Crippen LogP contribution in [0.4, 0.5) is 4.79 Å². The van der Waals surface area contributed by atoms with Crippen molar-refractivity contribution in [3.63, 3.8) is 0 Å². The second-order valence-corrected chi connectivity index (χ2v) is 7.31. The van der Waals surface area contributed by atoms with Gasteiger partial charge in [-0.15, -0.1) is 0 Å². The molecule has 1 heterocycles. The molecule has 1 aliphatic heterocycles. The minimum atomic E-state index is -0.165. The number of urea groups is 1. The van der Waals surface area contributed by atoms with Crippen LogP contribution in [0, 0.1) is 6.92 Å². The Bertz CT molecular complexity index is 832. The maximum atomic E-state index is 12.7. The molecule has 5 nitrogen and oxygen atoms in total. The summed E-state index contributed by atoms with van der Waals surface area (Å²) < 4.78 is 0. The molecule has 7 heteroatoms. The van der Waals surface area contributed by atoms with Gasteiger partial charge in [0.15, 0.2) is 0 Å². The van der Waals surface area contributed by atoms with Crippen molar-refractivity contribution in [2.45, 2.75) is 13.5 Å². The van der Waals surface area contributed by atoms with E-state index in [1.165, 1.54) is 5.56 Å². The van der Waals surface area contributed by atoms with Crippen LogP contribution in [0.25, 0.3) is 0 Å². The molecule has 3 amide bonds. The van der Waals surface area contributed by atoms with Crippen molar-refractivity contribution in [2.75, 3.05) is 26.2 Å². The van der Waals surface area contributed by atoms with Crippen molar-refractivity contribution in [3.05, 3.63) is 69.2 Å². The lowest BCUT2D eigenvalue weighted by molar-refractivity contribution is 0.0665. The summed E-state index contributed by atoms with van der Waals surface area (Å²) in [6.45, 7) is 4.38. The molecule has 2 aromatic rings. The zero-order valence-electron chi connectivity index (χ0n) is 15.0. The number of amides is 3. The smallest absolute Gasteiger partial charge is 0.317 e. The molecule has 27 heavy (non-hydrogen) atoms. The zero-order chi connectivity index (χ0) is 19.4. The number of hydrogen-bond donors (Lipinski definition) is 1. The average Bonchev–Trinajstić information content (AvgIpc) is 2.69. The number of halogens is 2. The van der Waals surface area contributed by atoms with Gasteiger partial charge in [0.05, 0.1) is 15.6 Å². The van der Waals surface area contributed by atoms with Crippen molar-refractivity contribution >= 4 is 35.1 Å². The maximum Gasteiger partial charge on any atom is 0.317 e. The third kappa shape index (κ3) is 4.73. The minimum Gasteiger partial charge on any atom is -0.335 e. The van der Waals surface area contributed by atoms with Gasteiger partial charge in [-0.3, -0.25) is 4.79 Å². The van der Waals surface area contributed by atoms with E-state index in [0.29, 0.717) is 43.3 Å². The number of nitrogens with zero attached hydrogens (tertiary/aromatic N) is 2. The number of aryl methyl sites for hydroxylation is 1. The molecule has 0 radical (unpaired) electrons. The predicted octanol–water partition coefficient (Wildman–Crippen LogP) is 3.97. The number of hydrogen-bond acceptors (Lipinski definition) is 2. The highest BCUT2D eigenvalue weighted by Crippen LogP contribution is 2.26. The number of carbonyl (C=O) groups is 2. The van der Waals surface area contributed by atoms with Gasteiger partial charge in [-0.25, -0.2) is 4.79 Å². The molecular weight excluding hydrogens is 385 g/mol. The minimum absolute atomic E-state index is 0.122. The lowest BCUT2D eigenvalue weighted by Crippen LogP contribution is -2.53. The zero-order valence-corrected chi connectivity index (χ0v) is 16.6. The van der Waals surface area contributed by atoms with Crippen LogP contribution in [0.3, 0.4) is 0 Å². The van der Waals surface area contributed by atoms with Crippen LogP contribution < -0.4 is 5.32 Å². The monoisotopic (exact) mass is 405 g/mol. The SMILES string of the molecule is Cc1ccc(CNC(=O)N2CCN(C(=O)c3cccc(Cl)c3Cl)CC2)cc1. The predicted molar refractivity (Wildman–Crippen MR) is 107 cm³/mol. The molecule has 1 N–H and O–H groups in total. The molecule has 1 saturated heterocycles. The van der Waals surface area contributed by atoms with Gasteiger partial charge in [-0.1, -0.05) is 59.1 Å². The van der Waals surface area contributed by atoms with E-state index >= 15 is 0 Å². The van der Waals surface area contributed by atoms with Crippen LogP contribution >= 0.6 is 23.2 Å². The molecule has 0 aromatic heterocycles. The summed E-state index contributed by atoms with van der Waals surface area (Å²) in [5.74, 6) is -0.165. The number of carbonyl (C=O) groups excluding carboxylic acids is 2. The third-order valence-corrected chi connectivity index (χ3v) is 5.42. The fourth-order valence-electron chi connectivity index (χ4n) is 2.95. The first-order valence-electron chi connectivity index (χ1n) is 8.77. The number of benzene rings is 2. The topological polar surface area (TPSA) is 52.7 Å². The Balaban J connectivity index is 1.52. The van der Waals surface area contributed by atoms with Crippen molar-refractivity contribution in [1.29, 1.82) is 0 Å². The van der Waals surface area contributed by atoms with Gasteiger partial charge in [0, 0.05) is 32.7 Å². The van der Waals surface area contributed by atoms with Gasteiger partial charge in [0.2, 0.25) is 0 Å². The molecule has 0 unspecified atom stereocenters. The van der Waals surface area contributed by atoms with Gasteiger partial charge < -0.3 is 15.1 Å². The van der Waals surface area contributed by atoms with Crippen molar-refractivity contribution < 1.29 is 9.59 Å². The second kappa shape index (κ2) is 8.63. The Labute approximate surface area is 168 Å². The van der Waals surface area contributed by atoms with Gasteiger partial charge in [0.1, 0.15) is 0 Å². The molecule has 0 saturated carbocycles. The summed E-state index contributed by atoms with van der Waals surface area (Å²) in [6, 6.07) is 12.9. The average molecular weight is 406 g/mol. The van der Waals surface area contributed by atoms with Gasteiger partial charge in [-0.05, 0) is 24.6 Å². The van der Waals surface area contributed by atoms with E-state index in [1.54, 1.807) is 28.0 Å². The summed E-state index contributed by atoms with van der Waals surface area (Å²) >= 11 is 12.1. The summed E-state index contributed by atoms with van der Waals surface area (Å²) in [5.41, 5.74) is 2.63. The van der Waals surface area contributed by atoms with Crippen LogP contribution in [0.1, 0.15) is 21.5 Å². The van der Waals surface area contributed by atoms with E-state index in [-0.39, 0.29) is 17.0 Å². The molecule has 1 aliphatic rings. The van der Waals surface area contributed by atoms with Crippen molar-refractivity contribution in [2.24, 2.45) is 0 Å². The first kappa shape index (κ1) is 19.5. The highest BCUT2D eigenvalue weighted by Gasteiger charge is 2.26. The quantitative estimate of drug-likeness (QED) is 0.839. The number of piperazine rings is 1. The van der Waals surface area contributed by atoms with E-state index in [1.807, 2.05) is 31.2 Å². The van der Waals surface area contributed by atoms with Gasteiger partial charge >= 0.3 is 6.03 Å². The van der Waals surface area contributed by atoms with E-state index in [2.05, 4.69) is 5.32 Å². The van der Waals surface area contributed by atoms with Crippen LogP contribution in [-0.4, -0.2) is 47.9 Å². The molecule has 142 valence electrons. The lowest BCUT2D eigenvalue weighted by atomic mass is 10.1. The van der Waals surface area contributed by atoms with Crippen LogP contribution in [0.5, 0.6) is 0 Å². The Morgan fingerprint density at radius 3 is 2.26 bits per heavy atom. The van der Waals surface area contributed by atoms with E-state index < -0.39 is 0 Å². The fraction of sp³-hybridized carbons (Fsp3) is 0.300. The van der Waals surface area contributed by atoms with E-state index in [4.69, 9.17) is 23.2 Å².